The van der Waals surface area contributed by atoms with Crippen molar-refractivity contribution in [3.05, 3.63) is 112 Å². The van der Waals surface area contributed by atoms with Crippen molar-refractivity contribution in [1.82, 2.24) is 0 Å². The van der Waals surface area contributed by atoms with Crippen molar-refractivity contribution in [2.24, 2.45) is 0 Å². The van der Waals surface area contributed by atoms with Crippen LogP contribution in [-0.2, 0) is 6.61 Å². The predicted molar refractivity (Wildman–Crippen MR) is 127 cm³/mol. The van der Waals surface area contributed by atoms with E-state index in [2.05, 4.69) is 71.4 Å². The molecule has 0 bridgehead atoms. The fraction of sp³-hybridized carbons (Fsp3) is 0.0741. The summed E-state index contributed by atoms with van der Waals surface area (Å²) in [6, 6.07) is 30.8. The molecule has 0 spiro atoms. The quantitative estimate of drug-likeness (QED) is 0.230. The van der Waals surface area contributed by atoms with Gasteiger partial charge in [0, 0.05) is 0 Å². The number of fused-ring (bicyclic) bond motifs is 1. The average Bonchev–Trinajstić information content (AvgIpc) is 2.77. The van der Waals surface area contributed by atoms with Crippen LogP contribution in [0.3, 0.4) is 0 Å². The maximum Gasteiger partial charge on any atom is 0.134 e. The van der Waals surface area contributed by atoms with Crippen molar-refractivity contribution >= 4 is 38.4 Å². The number of nitriles is 1. The van der Waals surface area contributed by atoms with E-state index in [1.807, 2.05) is 48.5 Å². The van der Waals surface area contributed by atoms with Gasteiger partial charge in [-0.25, -0.2) is 0 Å². The summed E-state index contributed by atoms with van der Waals surface area (Å²) in [5, 5.41) is 12.0. The molecule has 146 valence electrons. The lowest BCUT2D eigenvalue weighted by molar-refractivity contribution is 0.304. The highest BCUT2D eigenvalue weighted by Crippen LogP contribution is 2.29. The summed E-state index contributed by atoms with van der Waals surface area (Å²) in [6.07, 6.45) is 1.90. The van der Waals surface area contributed by atoms with E-state index in [0.717, 1.165) is 37.7 Å². The second-order valence-corrected chi connectivity index (χ2v) is 8.05. The van der Waals surface area contributed by atoms with E-state index < -0.39 is 0 Å². The molecule has 0 saturated heterocycles. The maximum absolute atomic E-state index is 9.71. The molecule has 0 fully saturated rings. The Morgan fingerprint density at radius 1 is 0.933 bits per heavy atom. The van der Waals surface area contributed by atoms with Gasteiger partial charge in [-0.05, 0) is 74.6 Å². The number of allylic oxidation sites excluding steroid dienone is 1. The second kappa shape index (κ2) is 8.98. The minimum Gasteiger partial charge on any atom is -0.488 e. The van der Waals surface area contributed by atoms with Gasteiger partial charge in [-0.15, -0.1) is 0 Å². The average molecular weight is 454 g/mol. The van der Waals surface area contributed by atoms with E-state index in [9.17, 15) is 5.26 Å². The van der Waals surface area contributed by atoms with E-state index in [0.29, 0.717) is 12.2 Å². The third-order valence-electron chi connectivity index (χ3n) is 4.96. The van der Waals surface area contributed by atoms with E-state index in [1.165, 1.54) is 5.56 Å². The van der Waals surface area contributed by atoms with Gasteiger partial charge in [-0.3, -0.25) is 0 Å². The highest BCUT2D eigenvalue weighted by atomic mass is 79.9. The SMILES string of the molecule is Cc1ccc(COc2ccc(C=C(C#N)c3ccc4ccccc4c3)cc2Br)cc1. The maximum atomic E-state index is 9.71. The van der Waals surface area contributed by atoms with E-state index in [4.69, 9.17) is 4.74 Å². The van der Waals surface area contributed by atoms with Crippen molar-refractivity contribution in [2.75, 3.05) is 0 Å². The Morgan fingerprint density at radius 3 is 2.43 bits per heavy atom. The number of halogens is 1. The third kappa shape index (κ3) is 4.62. The summed E-state index contributed by atoms with van der Waals surface area (Å²) < 4.78 is 6.81. The zero-order valence-electron chi connectivity index (χ0n) is 16.6. The highest BCUT2D eigenvalue weighted by Gasteiger charge is 2.06. The molecule has 4 aromatic rings. The monoisotopic (exact) mass is 453 g/mol. The van der Waals surface area contributed by atoms with Crippen LogP contribution in [0.4, 0.5) is 0 Å². The summed E-state index contributed by atoms with van der Waals surface area (Å²) in [5.41, 5.74) is 4.83. The van der Waals surface area contributed by atoms with Gasteiger partial charge in [0.25, 0.3) is 0 Å². The first-order valence-corrected chi connectivity index (χ1v) is 10.5. The lowest BCUT2D eigenvalue weighted by Gasteiger charge is -2.09. The van der Waals surface area contributed by atoms with Gasteiger partial charge in [0.2, 0.25) is 0 Å². The Labute approximate surface area is 185 Å². The summed E-state index contributed by atoms with van der Waals surface area (Å²) in [7, 11) is 0. The molecule has 0 aliphatic rings. The standard InChI is InChI=1S/C27H20BrNO/c1-19-6-8-20(9-7-19)18-30-27-13-10-21(15-26(27)28)14-25(17-29)24-12-11-22-4-2-3-5-23(22)16-24/h2-16H,18H2,1H3. The normalized spacial score (nSPS) is 11.3. The van der Waals surface area contributed by atoms with E-state index in [-0.39, 0.29) is 0 Å². The molecule has 4 aromatic carbocycles. The Kier molecular flexibility index (Phi) is 5.97. The Bertz CT molecular complexity index is 1270. The molecule has 0 heterocycles. The van der Waals surface area contributed by atoms with Gasteiger partial charge < -0.3 is 4.74 Å². The summed E-state index contributed by atoms with van der Waals surface area (Å²) in [6.45, 7) is 2.58. The number of hydrogen-bond donors (Lipinski definition) is 0. The number of nitrogens with zero attached hydrogens (tertiary/aromatic N) is 1. The van der Waals surface area contributed by atoms with Crippen LogP contribution in [0.25, 0.3) is 22.4 Å². The fourth-order valence-electron chi connectivity index (χ4n) is 3.27. The van der Waals surface area contributed by atoms with Crippen LogP contribution in [0.2, 0.25) is 0 Å². The van der Waals surface area contributed by atoms with E-state index >= 15 is 0 Å². The number of ether oxygens (including phenoxy) is 1. The summed E-state index contributed by atoms with van der Waals surface area (Å²) >= 11 is 3.60. The van der Waals surface area contributed by atoms with Gasteiger partial charge in [0.05, 0.1) is 16.1 Å². The molecular formula is C27H20BrNO. The molecule has 30 heavy (non-hydrogen) atoms. The van der Waals surface area contributed by atoms with Gasteiger partial charge in [-0.2, -0.15) is 5.26 Å². The highest BCUT2D eigenvalue weighted by molar-refractivity contribution is 9.10. The molecule has 0 radical (unpaired) electrons. The van der Waals surface area contributed by atoms with Crippen LogP contribution in [0.15, 0.2) is 89.4 Å². The molecule has 3 heteroatoms. The number of hydrogen-bond acceptors (Lipinski definition) is 2. The second-order valence-electron chi connectivity index (χ2n) is 7.20. The van der Waals surface area contributed by atoms with Gasteiger partial charge in [0.1, 0.15) is 12.4 Å². The number of benzene rings is 4. The first-order chi connectivity index (χ1) is 14.6. The molecule has 0 aliphatic carbocycles. The van der Waals surface area contributed by atoms with Gasteiger partial charge in [0.15, 0.2) is 0 Å². The first-order valence-electron chi connectivity index (χ1n) is 9.71. The zero-order valence-corrected chi connectivity index (χ0v) is 18.2. The van der Waals surface area contributed by atoms with Crippen molar-refractivity contribution in [3.8, 4) is 11.8 Å². The molecule has 2 nitrogen and oxygen atoms in total. The molecular weight excluding hydrogens is 434 g/mol. The zero-order chi connectivity index (χ0) is 20.9. The number of rotatable bonds is 5. The Hall–Kier alpha value is -3.35. The molecule has 0 unspecified atom stereocenters. The number of aryl methyl sites for hydroxylation is 1. The van der Waals surface area contributed by atoms with Crippen LogP contribution in [0.5, 0.6) is 5.75 Å². The fourth-order valence-corrected chi connectivity index (χ4v) is 3.78. The smallest absolute Gasteiger partial charge is 0.134 e. The molecule has 0 N–H and O–H groups in total. The van der Waals surface area contributed by atoms with E-state index in [1.54, 1.807) is 0 Å². The predicted octanol–water partition coefficient (Wildman–Crippen LogP) is 7.55. The Balaban J connectivity index is 1.55. The lowest BCUT2D eigenvalue weighted by Crippen LogP contribution is -1.96. The van der Waals surface area contributed by atoms with Crippen molar-refractivity contribution in [3.63, 3.8) is 0 Å². The minimum absolute atomic E-state index is 0.509. The molecule has 0 atom stereocenters. The largest absolute Gasteiger partial charge is 0.488 e. The lowest BCUT2D eigenvalue weighted by atomic mass is 10.0. The molecule has 4 rings (SSSR count). The summed E-state index contributed by atoms with van der Waals surface area (Å²) in [4.78, 5) is 0. The van der Waals surface area contributed by atoms with Crippen LogP contribution < -0.4 is 4.74 Å². The molecule has 0 aliphatic heterocycles. The Morgan fingerprint density at radius 2 is 1.70 bits per heavy atom. The molecule has 0 aromatic heterocycles. The van der Waals surface area contributed by atoms with Crippen LogP contribution in [0.1, 0.15) is 22.3 Å². The van der Waals surface area contributed by atoms with Crippen molar-refractivity contribution in [2.45, 2.75) is 13.5 Å². The van der Waals surface area contributed by atoms with Crippen LogP contribution in [-0.4, -0.2) is 0 Å². The van der Waals surface area contributed by atoms with Gasteiger partial charge in [-0.1, -0.05) is 72.3 Å². The van der Waals surface area contributed by atoms with Crippen LogP contribution >= 0.6 is 15.9 Å². The van der Waals surface area contributed by atoms with Crippen LogP contribution in [0, 0.1) is 18.3 Å². The van der Waals surface area contributed by atoms with Crippen molar-refractivity contribution < 1.29 is 4.74 Å². The molecule has 0 amide bonds. The summed E-state index contributed by atoms with van der Waals surface area (Å²) in [5.74, 6) is 0.775. The van der Waals surface area contributed by atoms with Crippen molar-refractivity contribution in [1.29, 1.82) is 5.26 Å². The topological polar surface area (TPSA) is 33.0 Å². The molecule has 0 saturated carbocycles. The first kappa shape index (κ1) is 19.9. The minimum atomic E-state index is 0.509. The van der Waals surface area contributed by atoms with Gasteiger partial charge >= 0.3 is 0 Å². The third-order valence-corrected chi connectivity index (χ3v) is 5.58.